The molecule has 7 nitrogen and oxygen atoms in total. The van der Waals surface area contributed by atoms with Gasteiger partial charge in [-0.25, -0.2) is 9.48 Å². The van der Waals surface area contributed by atoms with Crippen LogP contribution in [0.5, 0.6) is 0 Å². The lowest BCUT2D eigenvalue weighted by molar-refractivity contribution is 0.400. The van der Waals surface area contributed by atoms with Crippen LogP contribution in [-0.2, 0) is 13.1 Å². The number of thiophene rings is 1. The minimum absolute atomic E-state index is 0.292. The van der Waals surface area contributed by atoms with Gasteiger partial charge in [-0.2, -0.15) is 13.9 Å². The molecule has 0 bridgehead atoms. The summed E-state index contributed by atoms with van der Waals surface area (Å²) in [6.07, 6.45) is -1.86. The molecule has 10 heteroatoms. The lowest BCUT2D eigenvalue weighted by Gasteiger charge is -2.29. The molecule has 0 saturated carbocycles. The maximum absolute atomic E-state index is 12.9. The van der Waals surface area contributed by atoms with E-state index in [2.05, 4.69) is 39.6 Å². The highest BCUT2D eigenvalue weighted by Gasteiger charge is 2.15. The lowest BCUT2D eigenvalue weighted by atomic mass is 10.1. The Labute approximate surface area is 188 Å². The molecule has 0 unspecified atom stereocenters. The van der Waals surface area contributed by atoms with Crippen LogP contribution in [0.15, 0.2) is 52.8 Å². The first kappa shape index (κ1) is 22.4. The first-order valence-electron chi connectivity index (χ1n) is 10.5. The van der Waals surface area contributed by atoms with Crippen molar-refractivity contribution in [2.24, 2.45) is 5.73 Å². The molecule has 32 heavy (non-hydrogen) atoms. The molecule has 0 aliphatic carbocycles. The lowest BCUT2D eigenvalue weighted by Crippen LogP contribution is -2.43. The maximum Gasteiger partial charge on any atom is 0.346 e. The number of aryl methyl sites for hydroxylation is 1. The van der Waals surface area contributed by atoms with E-state index < -0.39 is 11.8 Å². The highest BCUT2D eigenvalue weighted by atomic mass is 32.1. The average Bonchev–Trinajstić information content (AvgIpc) is 3.38. The maximum atomic E-state index is 12.9. The van der Waals surface area contributed by atoms with Gasteiger partial charge >= 0.3 is 5.69 Å². The van der Waals surface area contributed by atoms with Crippen molar-refractivity contribution in [2.75, 3.05) is 37.6 Å². The fourth-order valence-corrected chi connectivity index (χ4v) is 4.75. The summed E-state index contributed by atoms with van der Waals surface area (Å²) in [4.78, 5) is 17.1. The standard InChI is InChI=1S/C22H26F2N6OS/c1-15-27-30(13-17(12-25)21(23)24)22(31)29(15)14-19-6-7-20(32-19)16-2-4-18(5-3-16)28-10-8-26-9-11-28/h2-7,26H,8-14,25H2,1H3. The number of hydrogen-bond donors (Lipinski definition) is 2. The third-order valence-corrected chi connectivity index (χ3v) is 6.69. The molecule has 170 valence electrons. The molecule has 0 radical (unpaired) electrons. The Balaban J connectivity index is 1.49. The zero-order valence-electron chi connectivity index (χ0n) is 17.9. The number of nitrogens with zero attached hydrogens (tertiary/aromatic N) is 4. The fourth-order valence-electron chi connectivity index (χ4n) is 3.75. The number of nitrogens with two attached hydrogens (primary N) is 1. The SMILES string of the molecule is Cc1nn(CC(CN)=C(F)F)c(=O)n1Cc1ccc(-c2ccc(N3CCNCC3)cc2)s1. The van der Waals surface area contributed by atoms with E-state index in [9.17, 15) is 13.6 Å². The Hall–Kier alpha value is -2.82. The van der Waals surface area contributed by atoms with Crippen molar-refractivity contribution in [3.63, 3.8) is 0 Å². The van der Waals surface area contributed by atoms with Gasteiger partial charge in [0.2, 0.25) is 0 Å². The quantitative estimate of drug-likeness (QED) is 0.567. The van der Waals surface area contributed by atoms with Gasteiger partial charge in [-0.15, -0.1) is 11.3 Å². The molecule has 3 heterocycles. The van der Waals surface area contributed by atoms with E-state index in [0.29, 0.717) is 12.4 Å². The monoisotopic (exact) mass is 460 g/mol. The van der Waals surface area contributed by atoms with Crippen LogP contribution in [0.4, 0.5) is 14.5 Å². The predicted octanol–water partition coefficient (Wildman–Crippen LogP) is 2.65. The highest BCUT2D eigenvalue weighted by Crippen LogP contribution is 2.30. The van der Waals surface area contributed by atoms with E-state index in [0.717, 1.165) is 46.2 Å². The van der Waals surface area contributed by atoms with Gasteiger partial charge in [0.15, 0.2) is 0 Å². The van der Waals surface area contributed by atoms with Crippen LogP contribution < -0.4 is 21.6 Å². The number of anilines is 1. The van der Waals surface area contributed by atoms with Crippen molar-refractivity contribution in [3.8, 4) is 10.4 Å². The van der Waals surface area contributed by atoms with Crippen molar-refractivity contribution >= 4 is 17.0 Å². The van der Waals surface area contributed by atoms with Crippen molar-refractivity contribution in [3.05, 3.63) is 69.2 Å². The number of halogens is 2. The van der Waals surface area contributed by atoms with E-state index >= 15 is 0 Å². The number of nitrogens with one attached hydrogen (secondary N) is 1. The molecule has 4 rings (SSSR count). The van der Waals surface area contributed by atoms with E-state index in [1.807, 2.05) is 12.1 Å². The molecule has 1 aliphatic rings. The second-order valence-electron chi connectivity index (χ2n) is 7.69. The third kappa shape index (κ3) is 4.82. The Morgan fingerprint density at radius 1 is 1.16 bits per heavy atom. The van der Waals surface area contributed by atoms with Crippen LogP contribution in [0.2, 0.25) is 0 Å². The molecule has 1 aliphatic heterocycles. The molecule has 3 aromatic rings. The number of piperazine rings is 1. The topological polar surface area (TPSA) is 81.1 Å². The Bertz CT molecular complexity index is 1150. The number of aromatic nitrogens is 3. The second-order valence-corrected chi connectivity index (χ2v) is 8.86. The molecule has 0 atom stereocenters. The van der Waals surface area contributed by atoms with Gasteiger partial charge in [-0.1, -0.05) is 12.1 Å². The zero-order valence-corrected chi connectivity index (χ0v) is 18.7. The molecule has 1 saturated heterocycles. The summed E-state index contributed by atoms with van der Waals surface area (Å²) in [5, 5.41) is 7.49. The van der Waals surface area contributed by atoms with Crippen LogP contribution in [-0.4, -0.2) is 47.1 Å². The molecule has 1 fully saturated rings. The van der Waals surface area contributed by atoms with Crippen LogP contribution in [0.3, 0.4) is 0 Å². The van der Waals surface area contributed by atoms with Crippen LogP contribution in [0.1, 0.15) is 10.7 Å². The van der Waals surface area contributed by atoms with Crippen molar-refractivity contribution < 1.29 is 8.78 Å². The molecule has 1 aromatic carbocycles. The largest absolute Gasteiger partial charge is 0.369 e. The number of hydrogen-bond acceptors (Lipinski definition) is 6. The summed E-state index contributed by atoms with van der Waals surface area (Å²) < 4.78 is 28.4. The van der Waals surface area contributed by atoms with Gasteiger partial charge in [0.25, 0.3) is 6.08 Å². The van der Waals surface area contributed by atoms with Gasteiger partial charge in [-0.05, 0) is 36.8 Å². The van der Waals surface area contributed by atoms with Gasteiger partial charge in [0, 0.05) is 53.7 Å². The van der Waals surface area contributed by atoms with E-state index in [1.54, 1.807) is 18.3 Å². The van der Waals surface area contributed by atoms with E-state index in [4.69, 9.17) is 5.73 Å². The minimum atomic E-state index is -1.86. The summed E-state index contributed by atoms with van der Waals surface area (Å²) in [5.41, 5.74) is 6.98. The summed E-state index contributed by atoms with van der Waals surface area (Å²) in [7, 11) is 0. The van der Waals surface area contributed by atoms with E-state index in [-0.39, 0.29) is 18.7 Å². The third-order valence-electron chi connectivity index (χ3n) is 5.57. The first-order valence-corrected chi connectivity index (χ1v) is 11.3. The van der Waals surface area contributed by atoms with Crippen LogP contribution in [0.25, 0.3) is 10.4 Å². The second kappa shape index (κ2) is 9.76. The molecular weight excluding hydrogens is 434 g/mol. The van der Waals surface area contributed by atoms with Gasteiger partial charge in [-0.3, -0.25) is 4.57 Å². The van der Waals surface area contributed by atoms with Gasteiger partial charge in [0.05, 0.1) is 13.1 Å². The molecule has 3 N–H and O–H groups in total. The molecular formula is C22H26F2N6OS. The van der Waals surface area contributed by atoms with Crippen LogP contribution >= 0.6 is 11.3 Å². The average molecular weight is 461 g/mol. The molecule has 0 spiro atoms. The van der Waals surface area contributed by atoms with Crippen molar-refractivity contribution in [1.29, 1.82) is 0 Å². The summed E-state index contributed by atoms with van der Waals surface area (Å²) in [5.74, 6) is 0.473. The fraction of sp³-hybridized carbons (Fsp3) is 0.364. The highest BCUT2D eigenvalue weighted by molar-refractivity contribution is 7.15. The van der Waals surface area contributed by atoms with Crippen LogP contribution in [0, 0.1) is 6.92 Å². The Kier molecular flexibility index (Phi) is 6.83. The smallest absolute Gasteiger partial charge is 0.346 e. The minimum Gasteiger partial charge on any atom is -0.369 e. The summed E-state index contributed by atoms with van der Waals surface area (Å²) in [6.45, 7) is 5.42. The summed E-state index contributed by atoms with van der Waals surface area (Å²) >= 11 is 1.60. The number of rotatable bonds is 7. The van der Waals surface area contributed by atoms with Crippen molar-refractivity contribution in [2.45, 2.75) is 20.0 Å². The Morgan fingerprint density at radius 2 is 1.88 bits per heavy atom. The molecule has 2 aromatic heterocycles. The zero-order chi connectivity index (χ0) is 22.7. The molecule has 0 amide bonds. The Morgan fingerprint density at radius 3 is 2.53 bits per heavy atom. The normalized spacial score (nSPS) is 14.1. The van der Waals surface area contributed by atoms with Gasteiger partial charge < -0.3 is 16.0 Å². The predicted molar refractivity (Wildman–Crippen MR) is 123 cm³/mol. The van der Waals surface area contributed by atoms with Crippen molar-refractivity contribution in [1.82, 2.24) is 19.7 Å². The summed E-state index contributed by atoms with van der Waals surface area (Å²) in [6, 6.07) is 12.6. The van der Waals surface area contributed by atoms with E-state index in [1.165, 1.54) is 10.3 Å². The van der Waals surface area contributed by atoms with Gasteiger partial charge in [0.1, 0.15) is 5.82 Å². The first-order chi connectivity index (χ1) is 15.5. The number of benzene rings is 1.